The molecule has 2 nitrogen and oxygen atoms in total. The minimum absolute atomic E-state index is 0.962. The summed E-state index contributed by atoms with van der Waals surface area (Å²) in [5, 5.41) is 4.97. The summed E-state index contributed by atoms with van der Waals surface area (Å²) in [7, 11) is 0. The molecular weight excluding hydrogens is 556 g/mol. The maximum Gasteiger partial charge on any atom is 0.0625 e. The summed E-state index contributed by atoms with van der Waals surface area (Å²) in [6.07, 6.45) is 14.6. The van der Waals surface area contributed by atoms with E-state index in [1.165, 1.54) is 54.8 Å². The van der Waals surface area contributed by atoms with Gasteiger partial charge in [-0.2, -0.15) is 0 Å². The second kappa shape index (κ2) is 11.5. The lowest BCUT2D eigenvalue weighted by Gasteiger charge is -2.04. The fourth-order valence-electron chi connectivity index (χ4n) is 6.71. The molecule has 0 atom stereocenters. The Bertz CT molecular complexity index is 2490. The van der Waals surface area contributed by atoms with Crippen LogP contribution in [-0.4, -0.2) is 9.13 Å². The zero-order valence-electron chi connectivity index (χ0n) is 25.7. The fraction of sp³-hybridized carbons (Fsp3) is 0.0455. The molecule has 218 valence electrons. The first-order valence-corrected chi connectivity index (χ1v) is 15.8. The molecule has 0 aliphatic heterocycles. The second-order valence-corrected chi connectivity index (χ2v) is 11.7. The Labute approximate surface area is 269 Å². The molecule has 8 rings (SSSR count). The van der Waals surface area contributed by atoms with E-state index >= 15 is 0 Å². The monoisotopic (exact) mass is 588 g/mol. The quantitative estimate of drug-likeness (QED) is 0.135. The SMILES string of the molecule is C#Cn1c2ccccc2c2cc(/C=C/c3ccc(-c4ccc(/C=C/c5ccc6c(c5)c5ccccc5n6CC)cc4)cc3)ccc21. The molecule has 46 heavy (non-hydrogen) atoms. The van der Waals surface area contributed by atoms with Crippen LogP contribution in [0.25, 0.3) is 79.0 Å². The Hall–Kier alpha value is -6.04. The Kier molecular flexibility index (Phi) is 6.86. The smallest absolute Gasteiger partial charge is 0.0625 e. The maximum atomic E-state index is 5.83. The molecule has 2 heterocycles. The van der Waals surface area contributed by atoms with Crippen molar-refractivity contribution in [2.45, 2.75) is 13.5 Å². The van der Waals surface area contributed by atoms with Gasteiger partial charge in [0.05, 0.1) is 11.0 Å². The van der Waals surface area contributed by atoms with E-state index < -0.39 is 0 Å². The number of benzene rings is 6. The van der Waals surface area contributed by atoms with Gasteiger partial charge in [-0.25, -0.2) is 0 Å². The molecular formula is C44H32N2. The van der Waals surface area contributed by atoms with Crippen LogP contribution in [0.15, 0.2) is 133 Å². The number of rotatable bonds is 6. The van der Waals surface area contributed by atoms with Crippen LogP contribution in [0.1, 0.15) is 29.2 Å². The molecule has 0 amide bonds. The number of nitrogens with zero attached hydrogens (tertiary/aromatic N) is 2. The highest BCUT2D eigenvalue weighted by Crippen LogP contribution is 2.31. The number of hydrogen-bond acceptors (Lipinski definition) is 0. The van der Waals surface area contributed by atoms with Crippen LogP contribution in [0, 0.1) is 12.5 Å². The molecule has 0 saturated carbocycles. The summed E-state index contributed by atoms with van der Waals surface area (Å²) < 4.78 is 4.31. The zero-order chi connectivity index (χ0) is 31.0. The van der Waals surface area contributed by atoms with Crippen molar-refractivity contribution >= 4 is 67.9 Å². The molecule has 0 aliphatic carbocycles. The van der Waals surface area contributed by atoms with E-state index in [9.17, 15) is 0 Å². The number of para-hydroxylation sites is 2. The van der Waals surface area contributed by atoms with Crippen molar-refractivity contribution in [3.05, 3.63) is 156 Å². The molecule has 0 aliphatic rings. The van der Waals surface area contributed by atoms with Crippen LogP contribution >= 0.6 is 0 Å². The van der Waals surface area contributed by atoms with Crippen molar-refractivity contribution in [1.82, 2.24) is 9.13 Å². The van der Waals surface area contributed by atoms with Crippen molar-refractivity contribution in [3.63, 3.8) is 0 Å². The Morgan fingerprint density at radius 3 is 1.46 bits per heavy atom. The van der Waals surface area contributed by atoms with Gasteiger partial charge in [0, 0.05) is 45.2 Å². The van der Waals surface area contributed by atoms with Gasteiger partial charge in [0.2, 0.25) is 0 Å². The summed E-state index contributed by atoms with van der Waals surface area (Å²) in [4.78, 5) is 0. The first kappa shape index (κ1) is 27.5. The molecule has 0 N–H and O–H groups in total. The lowest BCUT2D eigenvalue weighted by Crippen LogP contribution is -1.92. The molecule has 0 radical (unpaired) electrons. The second-order valence-electron chi connectivity index (χ2n) is 11.7. The number of hydrogen-bond donors (Lipinski definition) is 0. The third kappa shape index (κ3) is 4.80. The van der Waals surface area contributed by atoms with Gasteiger partial charge in [-0.3, -0.25) is 4.57 Å². The van der Waals surface area contributed by atoms with E-state index in [2.05, 4.69) is 169 Å². The van der Waals surface area contributed by atoms with Crippen LogP contribution in [0.5, 0.6) is 0 Å². The van der Waals surface area contributed by atoms with Crippen molar-refractivity contribution < 1.29 is 0 Å². The standard InChI is InChI=1S/C44H32N2/c1-3-45-41-11-7-5-9-37(41)39-29-33(21-27-43(39)45)15-13-31-17-23-35(24-18-31)36-25-19-32(20-26-36)14-16-34-22-28-44-40(30-34)38-10-6-8-12-42(38)46(44)4-2/h1,5-30H,4H2,2H3/b15-13+,16-14+. The van der Waals surface area contributed by atoms with Gasteiger partial charge in [-0.15, -0.1) is 0 Å². The first-order chi connectivity index (χ1) is 22.7. The normalized spacial score (nSPS) is 11.9. The lowest BCUT2D eigenvalue weighted by atomic mass is 10.0. The van der Waals surface area contributed by atoms with E-state index in [1.807, 2.05) is 10.6 Å². The zero-order valence-corrected chi connectivity index (χ0v) is 25.7. The Balaban J connectivity index is 0.982. The van der Waals surface area contributed by atoms with Gasteiger partial charge in [0.1, 0.15) is 0 Å². The molecule has 2 aromatic heterocycles. The minimum atomic E-state index is 0.962. The summed E-state index contributed by atoms with van der Waals surface area (Å²) in [6.45, 7) is 3.17. The number of aryl methyl sites for hydroxylation is 1. The van der Waals surface area contributed by atoms with Crippen LogP contribution in [-0.2, 0) is 6.54 Å². The third-order valence-electron chi connectivity index (χ3n) is 9.03. The predicted octanol–water partition coefficient (Wildman–Crippen LogP) is 11.4. The van der Waals surface area contributed by atoms with Crippen LogP contribution in [0.3, 0.4) is 0 Å². The van der Waals surface area contributed by atoms with E-state index in [-0.39, 0.29) is 0 Å². The number of fused-ring (bicyclic) bond motifs is 6. The van der Waals surface area contributed by atoms with Gasteiger partial charge < -0.3 is 4.57 Å². The highest BCUT2D eigenvalue weighted by Gasteiger charge is 2.10. The molecule has 0 fully saturated rings. The van der Waals surface area contributed by atoms with Gasteiger partial charge in [-0.05, 0) is 76.7 Å². The maximum absolute atomic E-state index is 5.83. The van der Waals surface area contributed by atoms with E-state index in [1.54, 1.807) is 0 Å². The lowest BCUT2D eigenvalue weighted by molar-refractivity contribution is 0.827. The summed E-state index contributed by atoms with van der Waals surface area (Å²) >= 11 is 0. The van der Waals surface area contributed by atoms with E-state index in [4.69, 9.17) is 6.42 Å². The summed E-state index contributed by atoms with van der Waals surface area (Å²) in [6, 6.07) is 50.5. The number of terminal acetylenes is 1. The average molecular weight is 589 g/mol. The van der Waals surface area contributed by atoms with E-state index in [0.717, 1.165) is 28.7 Å². The largest absolute Gasteiger partial charge is 0.341 e. The van der Waals surface area contributed by atoms with Crippen molar-refractivity contribution in [2.75, 3.05) is 0 Å². The highest BCUT2D eigenvalue weighted by molar-refractivity contribution is 6.10. The van der Waals surface area contributed by atoms with Crippen LogP contribution in [0.2, 0.25) is 0 Å². The van der Waals surface area contributed by atoms with Crippen molar-refractivity contribution in [2.24, 2.45) is 0 Å². The van der Waals surface area contributed by atoms with Crippen molar-refractivity contribution in [3.8, 4) is 23.6 Å². The molecule has 0 bridgehead atoms. The molecule has 0 unspecified atom stereocenters. The molecule has 6 aromatic carbocycles. The van der Waals surface area contributed by atoms with Gasteiger partial charge in [-0.1, -0.05) is 128 Å². The Morgan fingerprint density at radius 1 is 0.478 bits per heavy atom. The van der Waals surface area contributed by atoms with Crippen LogP contribution in [0.4, 0.5) is 0 Å². The average Bonchev–Trinajstić information content (AvgIpc) is 3.61. The fourth-order valence-corrected chi connectivity index (χ4v) is 6.71. The molecule has 8 aromatic rings. The first-order valence-electron chi connectivity index (χ1n) is 15.8. The highest BCUT2D eigenvalue weighted by atomic mass is 15.0. The van der Waals surface area contributed by atoms with E-state index in [0.29, 0.717) is 0 Å². The van der Waals surface area contributed by atoms with Gasteiger partial charge >= 0.3 is 0 Å². The Morgan fingerprint density at radius 2 is 0.891 bits per heavy atom. The third-order valence-corrected chi connectivity index (χ3v) is 9.03. The van der Waals surface area contributed by atoms with Gasteiger partial charge in [0.25, 0.3) is 0 Å². The predicted molar refractivity (Wildman–Crippen MR) is 199 cm³/mol. The summed E-state index contributed by atoms with van der Waals surface area (Å²) in [5.41, 5.74) is 11.8. The minimum Gasteiger partial charge on any atom is -0.341 e. The molecule has 2 heteroatoms. The molecule has 0 spiro atoms. The van der Waals surface area contributed by atoms with Crippen LogP contribution < -0.4 is 0 Å². The summed E-state index contributed by atoms with van der Waals surface area (Å²) in [5.74, 6) is 0. The number of aromatic nitrogens is 2. The molecule has 0 saturated heterocycles. The van der Waals surface area contributed by atoms with Gasteiger partial charge in [0.15, 0.2) is 0 Å². The van der Waals surface area contributed by atoms with Crippen molar-refractivity contribution in [1.29, 1.82) is 0 Å². The topological polar surface area (TPSA) is 9.86 Å².